The van der Waals surface area contributed by atoms with Gasteiger partial charge in [-0.2, -0.15) is 0 Å². The van der Waals surface area contributed by atoms with Crippen molar-refractivity contribution in [1.29, 1.82) is 0 Å². The summed E-state index contributed by atoms with van der Waals surface area (Å²) in [4.78, 5) is 0. The highest BCUT2D eigenvalue weighted by molar-refractivity contribution is 7.33. The van der Waals surface area contributed by atoms with Gasteiger partial charge in [-0.1, -0.05) is 6.92 Å². The van der Waals surface area contributed by atoms with E-state index in [9.17, 15) is 0 Å². The van der Waals surface area contributed by atoms with Crippen LogP contribution in [-0.2, 0) is 0 Å². The lowest BCUT2D eigenvalue weighted by molar-refractivity contribution is 0.738. The van der Waals surface area contributed by atoms with Crippen molar-refractivity contribution >= 4 is 40.4 Å². The second-order valence-electron chi connectivity index (χ2n) is 0.994. The summed E-state index contributed by atoms with van der Waals surface area (Å²) in [5, 5.41) is 0. The van der Waals surface area contributed by atoms with Crippen molar-refractivity contribution in [1.82, 2.24) is 4.33 Å². The van der Waals surface area contributed by atoms with Crippen LogP contribution in [0, 0.1) is 0 Å². The van der Waals surface area contributed by atoms with Crippen LogP contribution in [0.5, 0.6) is 0 Å². The second-order valence-corrected chi connectivity index (χ2v) is 2.48. The van der Waals surface area contributed by atoms with E-state index in [-0.39, 0.29) is 0 Å². The van der Waals surface area contributed by atoms with Crippen LogP contribution < -0.4 is 0 Å². The fourth-order valence-corrected chi connectivity index (χ4v) is 0.414. The minimum atomic E-state index is -0.591. The normalized spacial score (nSPS) is 9.86. The fraction of sp³-hybridized carbons (Fsp3) is 1.00. The van der Waals surface area contributed by atoms with Gasteiger partial charge in [0, 0.05) is 6.54 Å². The predicted octanol–water partition coefficient (Wildman–Crippen LogP) is 1.92. The largest absolute Gasteiger partial charge is 0.449 e. The van der Waals surface area contributed by atoms with Crippen LogP contribution in [0.1, 0.15) is 6.92 Å². The Balaban J connectivity index is 3.14. The molecular weight excluding hydrogens is 155 g/mol. The van der Waals surface area contributed by atoms with Crippen LogP contribution in [0.3, 0.4) is 0 Å². The number of halogens is 3. The Morgan fingerprint density at radius 2 is 2.00 bits per heavy atom. The van der Waals surface area contributed by atoms with E-state index in [4.69, 9.17) is 34.7 Å². The molecule has 0 aliphatic carbocycles. The molecule has 0 fully saturated rings. The molecule has 1 nitrogen and oxygen atoms in total. The van der Waals surface area contributed by atoms with Crippen LogP contribution in [0.2, 0.25) is 0 Å². The molecule has 0 N–H and O–H groups in total. The molecule has 0 unspecified atom stereocenters. The number of hydrogen-bond acceptors (Lipinski definition) is 1. The van der Waals surface area contributed by atoms with E-state index >= 15 is 0 Å². The molecule has 0 aromatic heterocycles. The molecule has 0 aliphatic rings. The molecule has 0 saturated carbocycles. The van der Waals surface area contributed by atoms with E-state index in [0.717, 1.165) is 0 Å². The summed E-state index contributed by atoms with van der Waals surface area (Å²) in [5.41, 5.74) is -0.591. The third kappa shape index (κ3) is 3.48. The van der Waals surface area contributed by atoms with Crippen molar-refractivity contribution < 1.29 is 0 Å². The van der Waals surface area contributed by atoms with Gasteiger partial charge in [-0.15, -0.1) is 22.9 Å². The molecule has 0 atom stereocenters. The minimum absolute atomic E-state index is 0.591. The monoisotopic (exact) mass is 159 g/mol. The molecule has 5 heteroatoms. The topological polar surface area (TPSA) is 3.24 Å². The number of nitrogens with zero attached hydrogens (tertiary/aromatic N) is 1. The van der Waals surface area contributed by atoms with E-state index in [1.807, 2.05) is 6.92 Å². The molecular formula is C2H5BCl3N. The Morgan fingerprint density at radius 3 is 2.00 bits per heavy atom. The van der Waals surface area contributed by atoms with Gasteiger partial charge in [-0.05, 0) is 11.8 Å². The zero-order valence-corrected chi connectivity index (χ0v) is 6.13. The molecule has 0 radical (unpaired) electrons. The van der Waals surface area contributed by atoms with Crippen LogP contribution in [-0.4, -0.2) is 16.6 Å². The summed E-state index contributed by atoms with van der Waals surface area (Å²) in [6.07, 6.45) is 0. The van der Waals surface area contributed by atoms with Crippen LogP contribution >= 0.6 is 34.7 Å². The molecule has 0 heterocycles. The van der Waals surface area contributed by atoms with Gasteiger partial charge in [0.1, 0.15) is 0 Å². The highest BCUT2D eigenvalue weighted by Gasteiger charge is 2.12. The van der Waals surface area contributed by atoms with E-state index in [0.29, 0.717) is 6.54 Å². The molecule has 0 saturated heterocycles. The first kappa shape index (κ1) is 7.89. The van der Waals surface area contributed by atoms with Crippen molar-refractivity contribution in [3.05, 3.63) is 0 Å². The van der Waals surface area contributed by atoms with Gasteiger partial charge < -0.3 is 0 Å². The molecule has 0 aliphatic heterocycles. The van der Waals surface area contributed by atoms with Crippen LogP contribution in [0.4, 0.5) is 0 Å². The Kier molecular flexibility index (Phi) is 4.34. The highest BCUT2D eigenvalue weighted by atomic mass is 35.5. The van der Waals surface area contributed by atoms with Gasteiger partial charge in [0.25, 0.3) is 0 Å². The molecule has 0 amide bonds. The summed E-state index contributed by atoms with van der Waals surface area (Å²) in [6, 6.07) is 0. The lowest BCUT2D eigenvalue weighted by Gasteiger charge is -2.05. The van der Waals surface area contributed by atoms with Gasteiger partial charge in [0.05, 0.1) is 0 Å². The van der Waals surface area contributed by atoms with Crippen molar-refractivity contribution in [3.8, 4) is 0 Å². The van der Waals surface area contributed by atoms with E-state index in [1.165, 1.54) is 4.33 Å². The van der Waals surface area contributed by atoms with Gasteiger partial charge in [-0.3, -0.25) is 0 Å². The predicted molar refractivity (Wildman–Crippen MR) is 35.7 cm³/mol. The Labute approximate surface area is 58.6 Å². The SMILES string of the molecule is CCN(Cl)B(Cl)Cl. The van der Waals surface area contributed by atoms with E-state index < -0.39 is 5.68 Å². The number of hydrogen-bond donors (Lipinski definition) is 0. The summed E-state index contributed by atoms with van der Waals surface area (Å²) >= 11 is 15.9. The van der Waals surface area contributed by atoms with Crippen molar-refractivity contribution in [2.75, 3.05) is 6.54 Å². The molecule has 7 heavy (non-hydrogen) atoms. The Morgan fingerprint density at radius 1 is 1.57 bits per heavy atom. The zero-order valence-electron chi connectivity index (χ0n) is 3.87. The highest BCUT2D eigenvalue weighted by Crippen LogP contribution is 2.05. The molecule has 42 valence electrons. The second kappa shape index (κ2) is 3.84. The molecule has 0 aromatic carbocycles. The summed E-state index contributed by atoms with van der Waals surface area (Å²) in [6.45, 7) is 2.52. The summed E-state index contributed by atoms with van der Waals surface area (Å²) in [7, 11) is 0. The van der Waals surface area contributed by atoms with Crippen molar-refractivity contribution in [2.24, 2.45) is 0 Å². The molecule has 0 aromatic rings. The third-order valence-corrected chi connectivity index (χ3v) is 1.62. The zero-order chi connectivity index (χ0) is 5.86. The van der Waals surface area contributed by atoms with E-state index in [1.54, 1.807) is 0 Å². The Bertz CT molecular complexity index is 50.2. The van der Waals surface area contributed by atoms with Crippen molar-refractivity contribution in [2.45, 2.75) is 6.92 Å². The van der Waals surface area contributed by atoms with Crippen LogP contribution in [0.25, 0.3) is 0 Å². The maximum absolute atomic E-state index is 5.37. The third-order valence-electron chi connectivity index (χ3n) is 0.514. The van der Waals surface area contributed by atoms with Gasteiger partial charge in [0.15, 0.2) is 0 Å². The maximum Gasteiger partial charge on any atom is 0.449 e. The standard InChI is InChI=1S/C2H5BCl3N/c1-2-7(6)3(4)5/h2H2,1H3. The quantitative estimate of drug-likeness (QED) is 0.440. The molecule has 0 spiro atoms. The van der Waals surface area contributed by atoms with E-state index in [2.05, 4.69) is 0 Å². The first-order chi connectivity index (χ1) is 3.18. The van der Waals surface area contributed by atoms with Crippen LogP contribution in [0.15, 0.2) is 0 Å². The summed E-state index contributed by atoms with van der Waals surface area (Å²) < 4.78 is 1.29. The molecule has 0 rings (SSSR count). The number of rotatable bonds is 2. The minimum Gasteiger partial charge on any atom is -0.228 e. The fourth-order valence-electron chi connectivity index (χ4n) is 0.138. The molecule has 0 bridgehead atoms. The van der Waals surface area contributed by atoms with Gasteiger partial charge in [-0.25, -0.2) is 4.33 Å². The summed E-state index contributed by atoms with van der Waals surface area (Å²) in [5.74, 6) is 0. The maximum atomic E-state index is 5.37. The smallest absolute Gasteiger partial charge is 0.228 e. The first-order valence-electron chi connectivity index (χ1n) is 1.89. The lowest BCUT2D eigenvalue weighted by Crippen LogP contribution is -2.19. The average molecular weight is 160 g/mol. The lowest BCUT2D eigenvalue weighted by atomic mass is 10.4. The van der Waals surface area contributed by atoms with Crippen molar-refractivity contribution in [3.63, 3.8) is 0 Å². The van der Waals surface area contributed by atoms with Gasteiger partial charge >= 0.3 is 5.68 Å². The average Bonchev–Trinajstić information content (AvgIpc) is 1.65. The van der Waals surface area contributed by atoms with Gasteiger partial charge in [0.2, 0.25) is 0 Å². The first-order valence-corrected chi connectivity index (χ1v) is 3.10. The Hall–Kier alpha value is 0.895.